The van der Waals surface area contributed by atoms with E-state index < -0.39 is 0 Å². The van der Waals surface area contributed by atoms with E-state index in [0.29, 0.717) is 0 Å². The predicted molar refractivity (Wildman–Crippen MR) is 61.5 cm³/mol. The molecule has 0 N–H and O–H groups in total. The van der Waals surface area contributed by atoms with Crippen LogP contribution in [-0.4, -0.2) is 7.11 Å². The van der Waals surface area contributed by atoms with Crippen molar-refractivity contribution in [2.24, 2.45) is 0 Å². The first-order valence-electron chi connectivity index (χ1n) is 4.68. The van der Waals surface area contributed by atoms with Crippen LogP contribution in [0.2, 0.25) is 0 Å². The second kappa shape index (κ2) is 5.28. The van der Waals surface area contributed by atoms with E-state index in [1.54, 1.807) is 7.11 Å². The molecule has 0 aliphatic rings. The molecule has 0 bridgehead atoms. The summed E-state index contributed by atoms with van der Waals surface area (Å²) in [5.74, 6) is 0.893. The monoisotopic (exact) mass is 188 g/mol. The number of rotatable bonds is 3. The summed E-state index contributed by atoms with van der Waals surface area (Å²) in [5.41, 5.74) is 2.48. The van der Waals surface area contributed by atoms with Gasteiger partial charge in [0.15, 0.2) is 0 Å². The van der Waals surface area contributed by atoms with Crippen LogP contribution >= 0.6 is 0 Å². The van der Waals surface area contributed by atoms with Crippen molar-refractivity contribution in [1.82, 2.24) is 0 Å². The molecule has 0 aliphatic heterocycles. The lowest BCUT2D eigenvalue weighted by Gasteiger charge is -1.98. The fourth-order valence-corrected chi connectivity index (χ4v) is 1.07. The summed E-state index contributed by atoms with van der Waals surface area (Å²) in [6.07, 6.45) is 6.22. The Morgan fingerprint density at radius 2 is 1.79 bits per heavy atom. The van der Waals surface area contributed by atoms with Gasteiger partial charge in [-0.2, -0.15) is 0 Å². The summed E-state index contributed by atoms with van der Waals surface area (Å²) < 4.78 is 5.08. The molecule has 0 saturated carbocycles. The maximum atomic E-state index is 5.08. The topological polar surface area (TPSA) is 9.23 Å². The van der Waals surface area contributed by atoms with Crippen LogP contribution in [-0.2, 0) is 0 Å². The van der Waals surface area contributed by atoms with Crippen molar-refractivity contribution in [1.29, 1.82) is 0 Å². The van der Waals surface area contributed by atoms with Gasteiger partial charge in [0, 0.05) is 0 Å². The highest BCUT2D eigenvalue weighted by atomic mass is 16.5. The molecule has 0 unspecified atom stereocenters. The van der Waals surface area contributed by atoms with E-state index in [9.17, 15) is 0 Å². The van der Waals surface area contributed by atoms with Gasteiger partial charge in [0.05, 0.1) is 7.11 Å². The Balaban J connectivity index is 2.69. The van der Waals surface area contributed by atoms with Gasteiger partial charge >= 0.3 is 0 Å². The quantitative estimate of drug-likeness (QED) is 0.657. The highest BCUT2D eigenvalue weighted by Crippen LogP contribution is 2.12. The van der Waals surface area contributed by atoms with Crippen molar-refractivity contribution in [3.63, 3.8) is 0 Å². The van der Waals surface area contributed by atoms with Gasteiger partial charge in [-0.15, -0.1) is 0 Å². The lowest BCUT2D eigenvalue weighted by molar-refractivity contribution is 0.415. The van der Waals surface area contributed by atoms with Gasteiger partial charge in [-0.05, 0) is 31.5 Å². The van der Waals surface area contributed by atoms with E-state index in [1.165, 1.54) is 11.1 Å². The third kappa shape index (κ3) is 3.48. The molecule has 1 aromatic carbocycles. The highest BCUT2D eigenvalue weighted by molar-refractivity contribution is 5.52. The number of ether oxygens (including phenoxy) is 1. The minimum atomic E-state index is 0.893. The lowest BCUT2D eigenvalue weighted by atomic mass is 10.2. The van der Waals surface area contributed by atoms with Crippen molar-refractivity contribution >= 4 is 6.08 Å². The third-order valence-electron chi connectivity index (χ3n) is 1.83. The van der Waals surface area contributed by atoms with Gasteiger partial charge in [0.2, 0.25) is 0 Å². The maximum Gasteiger partial charge on any atom is 0.118 e. The molecule has 0 saturated heterocycles. The molecule has 0 radical (unpaired) electrons. The Hall–Kier alpha value is -1.50. The van der Waals surface area contributed by atoms with E-state index in [-0.39, 0.29) is 0 Å². The summed E-state index contributed by atoms with van der Waals surface area (Å²) in [6, 6.07) is 7.99. The van der Waals surface area contributed by atoms with Gasteiger partial charge in [-0.1, -0.05) is 35.9 Å². The SMILES string of the molecule is COc1ccc(/C=C\C=C(C)C)cc1. The molecule has 1 nitrogen and oxygen atoms in total. The zero-order valence-electron chi connectivity index (χ0n) is 8.95. The Labute approximate surface area is 85.7 Å². The first-order valence-corrected chi connectivity index (χ1v) is 4.68. The first-order chi connectivity index (χ1) is 6.72. The molecule has 14 heavy (non-hydrogen) atoms. The van der Waals surface area contributed by atoms with Crippen LogP contribution < -0.4 is 4.74 Å². The van der Waals surface area contributed by atoms with Crippen LogP contribution in [0.1, 0.15) is 19.4 Å². The van der Waals surface area contributed by atoms with E-state index in [2.05, 4.69) is 32.1 Å². The number of benzene rings is 1. The van der Waals surface area contributed by atoms with E-state index in [4.69, 9.17) is 4.74 Å². The molecule has 1 rings (SSSR count). The van der Waals surface area contributed by atoms with E-state index in [0.717, 1.165) is 5.75 Å². The van der Waals surface area contributed by atoms with Crippen molar-refractivity contribution in [2.75, 3.05) is 7.11 Å². The smallest absolute Gasteiger partial charge is 0.118 e. The number of hydrogen-bond acceptors (Lipinski definition) is 1. The van der Waals surface area contributed by atoms with Crippen LogP contribution in [0.25, 0.3) is 6.08 Å². The summed E-state index contributed by atoms with van der Waals surface area (Å²) >= 11 is 0. The Kier molecular flexibility index (Phi) is 3.99. The second-order valence-corrected chi connectivity index (χ2v) is 3.38. The number of hydrogen-bond donors (Lipinski definition) is 0. The van der Waals surface area contributed by atoms with Crippen molar-refractivity contribution in [3.8, 4) is 5.75 Å². The molecule has 0 heterocycles. The summed E-state index contributed by atoms with van der Waals surface area (Å²) in [6.45, 7) is 4.16. The molecule has 74 valence electrons. The van der Waals surface area contributed by atoms with Gasteiger partial charge in [-0.3, -0.25) is 0 Å². The molecule has 0 aromatic heterocycles. The molecule has 1 heteroatoms. The molecule has 1 aromatic rings. The molecule has 0 aliphatic carbocycles. The lowest BCUT2D eigenvalue weighted by Crippen LogP contribution is -1.81. The summed E-state index contributed by atoms with van der Waals surface area (Å²) in [5, 5.41) is 0. The normalized spacial score (nSPS) is 10.2. The summed E-state index contributed by atoms with van der Waals surface area (Å²) in [4.78, 5) is 0. The van der Waals surface area contributed by atoms with Crippen molar-refractivity contribution in [2.45, 2.75) is 13.8 Å². The molecular weight excluding hydrogens is 172 g/mol. The van der Waals surface area contributed by atoms with Gasteiger partial charge in [0.25, 0.3) is 0 Å². The van der Waals surface area contributed by atoms with Crippen molar-refractivity contribution in [3.05, 3.63) is 47.6 Å². The first kappa shape index (κ1) is 10.6. The predicted octanol–water partition coefficient (Wildman–Crippen LogP) is 3.67. The molecule has 0 amide bonds. The van der Waals surface area contributed by atoms with Crippen LogP contribution in [0.3, 0.4) is 0 Å². The van der Waals surface area contributed by atoms with Gasteiger partial charge in [-0.25, -0.2) is 0 Å². The fourth-order valence-electron chi connectivity index (χ4n) is 1.07. The largest absolute Gasteiger partial charge is 0.497 e. The van der Waals surface area contributed by atoms with E-state index in [1.807, 2.05) is 24.3 Å². The number of methoxy groups -OCH3 is 1. The molecule has 0 atom stereocenters. The average Bonchev–Trinajstić information content (AvgIpc) is 2.18. The van der Waals surface area contributed by atoms with Crippen LogP contribution in [0.4, 0.5) is 0 Å². The molecule has 0 fully saturated rings. The van der Waals surface area contributed by atoms with Gasteiger partial charge in [0.1, 0.15) is 5.75 Å². The fraction of sp³-hybridized carbons (Fsp3) is 0.231. The molecular formula is C13H16O. The van der Waals surface area contributed by atoms with E-state index >= 15 is 0 Å². The molecule has 0 spiro atoms. The zero-order valence-corrected chi connectivity index (χ0v) is 8.95. The standard InChI is InChI=1S/C13H16O/c1-11(2)5-4-6-12-7-9-13(14-3)10-8-12/h4-10H,1-3H3/b6-4-. The Morgan fingerprint density at radius 3 is 2.29 bits per heavy atom. The Bertz CT molecular complexity index is 327. The van der Waals surface area contributed by atoms with Gasteiger partial charge < -0.3 is 4.74 Å². The summed E-state index contributed by atoms with van der Waals surface area (Å²) in [7, 11) is 1.67. The minimum absolute atomic E-state index is 0.893. The third-order valence-corrected chi connectivity index (χ3v) is 1.83. The van der Waals surface area contributed by atoms with Crippen LogP contribution in [0, 0.1) is 0 Å². The average molecular weight is 188 g/mol. The van der Waals surface area contributed by atoms with Crippen LogP contribution in [0.5, 0.6) is 5.75 Å². The Morgan fingerprint density at radius 1 is 1.14 bits per heavy atom. The minimum Gasteiger partial charge on any atom is -0.497 e. The highest BCUT2D eigenvalue weighted by Gasteiger charge is 1.88. The van der Waals surface area contributed by atoms with Crippen molar-refractivity contribution < 1.29 is 4.74 Å². The van der Waals surface area contributed by atoms with Crippen LogP contribution in [0.15, 0.2) is 42.0 Å². The number of allylic oxidation sites excluding steroid dienone is 3. The second-order valence-electron chi connectivity index (χ2n) is 3.38. The maximum absolute atomic E-state index is 5.08. The zero-order chi connectivity index (χ0) is 10.4.